The minimum Gasteiger partial charge on any atom is -0.502 e. The molecule has 0 aliphatic rings. The highest BCUT2D eigenvalue weighted by Gasteiger charge is 2.17. The second kappa shape index (κ2) is 5.39. The maximum absolute atomic E-state index is 11.9. The van der Waals surface area contributed by atoms with Gasteiger partial charge in [-0.1, -0.05) is 30.3 Å². The summed E-state index contributed by atoms with van der Waals surface area (Å²) < 4.78 is 4.93. The Labute approximate surface area is 109 Å². The molecule has 0 bridgehead atoms. The van der Waals surface area contributed by atoms with Gasteiger partial charge >= 0.3 is 0 Å². The van der Waals surface area contributed by atoms with Gasteiger partial charge in [0.2, 0.25) is 5.43 Å². The van der Waals surface area contributed by atoms with Crippen LogP contribution in [0.5, 0.6) is 5.75 Å². The predicted molar refractivity (Wildman–Crippen MR) is 69.0 cm³/mol. The van der Waals surface area contributed by atoms with Gasteiger partial charge in [0, 0.05) is 6.54 Å². The highest BCUT2D eigenvalue weighted by atomic mass is 16.4. The monoisotopic (exact) mass is 259 g/mol. The van der Waals surface area contributed by atoms with E-state index in [1.165, 1.54) is 6.92 Å². The van der Waals surface area contributed by atoms with E-state index in [0.29, 0.717) is 6.54 Å². The summed E-state index contributed by atoms with van der Waals surface area (Å²) in [6.07, 6.45) is 0.922. The molecule has 5 nitrogen and oxygen atoms in total. The average Bonchev–Trinajstić information content (AvgIpc) is 2.42. The highest BCUT2D eigenvalue weighted by molar-refractivity contribution is 5.95. The van der Waals surface area contributed by atoms with Crippen LogP contribution < -0.4 is 10.7 Å². The summed E-state index contributed by atoms with van der Waals surface area (Å²) in [5, 5.41) is 11.9. The SMILES string of the molecule is Cc1occ(O)c(=O)c1C(=O)NCc1ccccc1. The van der Waals surface area contributed by atoms with Crippen molar-refractivity contribution in [3.05, 3.63) is 63.7 Å². The van der Waals surface area contributed by atoms with Crippen molar-refractivity contribution in [2.45, 2.75) is 13.5 Å². The first-order valence-corrected chi connectivity index (χ1v) is 5.73. The zero-order chi connectivity index (χ0) is 13.8. The molecule has 5 heteroatoms. The molecule has 0 radical (unpaired) electrons. The lowest BCUT2D eigenvalue weighted by atomic mass is 10.2. The van der Waals surface area contributed by atoms with Gasteiger partial charge in [0.15, 0.2) is 5.75 Å². The molecule has 0 saturated carbocycles. The molecule has 0 spiro atoms. The van der Waals surface area contributed by atoms with E-state index in [1.807, 2.05) is 30.3 Å². The van der Waals surface area contributed by atoms with Gasteiger partial charge in [-0.15, -0.1) is 0 Å². The molecule has 1 amide bonds. The van der Waals surface area contributed by atoms with Crippen molar-refractivity contribution in [3.63, 3.8) is 0 Å². The Hall–Kier alpha value is -2.56. The van der Waals surface area contributed by atoms with Crippen molar-refractivity contribution in [2.75, 3.05) is 0 Å². The maximum atomic E-state index is 11.9. The second-order valence-corrected chi connectivity index (χ2v) is 4.05. The quantitative estimate of drug-likeness (QED) is 0.877. The van der Waals surface area contributed by atoms with E-state index in [0.717, 1.165) is 11.8 Å². The molecule has 98 valence electrons. The third kappa shape index (κ3) is 2.82. The molecule has 0 saturated heterocycles. The topological polar surface area (TPSA) is 79.5 Å². The van der Waals surface area contributed by atoms with Crippen LogP contribution in [-0.4, -0.2) is 11.0 Å². The van der Waals surface area contributed by atoms with Gasteiger partial charge in [0.1, 0.15) is 17.6 Å². The minimum atomic E-state index is -0.727. The van der Waals surface area contributed by atoms with Crippen LogP contribution in [0.2, 0.25) is 0 Å². The lowest BCUT2D eigenvalue weighted by Gasteiger charge is -2.06. The predicted octanol–water partition coefficient (Wildman–Crippen LogP) is 1.58. The molecule has 2 N–H and O–H groups in total. The number of carbonyl (C=O) groups excluding carboxylic acids is 1. The summed E-state index contributed by atoms with van der Waals surface area (Å²) in [4.78, 5) is 23.6. The van der Waals surface area contributed by atoms with Crippen LogP contribution in [0.4, 0.5) is 0 Å². The van der Waals surface area contributed by atoms with Gasteiger partial charge in [-0.2, -0.15) is 0 Å². The van der Waals surface area contributed by atoms with Crippen molar-refractivity contribution < 1.29 is 14.3 Å². The van der Waals surface area contributed by atoms with Crippen LogP contribution in [-0.2, 0) is 6.54 Å². The summed E-state index contributed by atoms with van der Waals surface area (Å²) in [6.45, 7) is 1.80. The first-order valence-electron chi connectivity index (χ1n) is 5.73. The van der Waals surface area contributed by atoms with E-state index >= 15 is 0 Å². The zero-order valence-corrected chi connectivity index (χ0v) is 10.3. The second-order valence-electron chi connectivity index (χ2n) is 4.05. The van der Waals surface area contributed by atoms with Gasteiger partial charge in [-0.25, -0.2) is 0 Å². The molecule has 0 atom stereocenters. The standard InChI is InChI=1S/C14H13NO4/c1-9-12(13(17)11(16)8-19-9)14(18)15-7-10-5-3-2-4-6-10/h2-6,8,16H,7H2,1H3,(H,15,18). The van der Waals surface area contributed by atoms with Crippen LogP contribution in [0.3, 0.4) is 0 Å². The first-order chi connectivity index (χ1) is 9.09. The fourth-order valence-electron chi connectivity index (χ4n) is 1.67. The van der Waals surface area contributed by atoms with Gasteiger partial charge in [-0.05, 0) is 12.5 Å². The van der Waals surface area contributed by atoms with E-state index in [9.17, 15) is 14.7 Å². The fraction of sp³-hybridized carbons (Fsp3) is 0.143. The van der Waals surface area contributed by atoms with E-state index < -0.39 is 17.1 Å². The Morgan fingerprint density at radius 3 is 2.68 bits per heavy atom. The summed E-state index contributed by atoms with van der Waals surface area (Å²) in [5.41, 5.74) is 0.0169. The van der Waals surface area contributed by atoms with Crippen LogP contribution in [0, 0.1) is 6.92 Å². The zero-order valence-electron chi connectivity index (χ0n) is 10.3. The van der Waals surface area contributed by atoms with Crippen LogP contribution in [0.15, 0.2) is 45.8 Å². The van der Waals surface area contributed by atoms with Gasteiger partial charge in [0.05, 0.1) is 0 Å². The first kappa shape index (κ1) is 12.9. The number of aromatic hydroxyl groups is 1. The Morgan fingerprint density at radius 2 is 2.00 bits per heavy atom. The van der Waals surface area contributed by atoms with E-state index in [4.69, 9.17) is 4.42 Å². The van der Waals surface area contributed by atoms with E-state index in [2.05, 4.69) is 5.32 Å². The molecule has 19 heavy (non-hydrogen) atoms. The fourth-order valence-corrected chi connectivity index (χ4v) is 1.67. The number of amides is 1. The number of benzene rings is 1. The Balaban J connectivity index is 2.17. The summed E-state index contributed by atoms with van der Waals surface area (Å²) in [7, 11) is 0. The number of hydrogen-bond acceptors (Lipinski definition) is 4. The van der Waals surface area contributed by atoms with Crippen LogP contribution in [0.25, 0.3) is 0 Å². The molecule has 0 aliphatic heterocycles. The number of rotatable bonds is 3. The number of nitrogens with one attached hydrogen (secondary N) is 1. The largest absolute Gasteiger partial charge is 0.502 e. The molecular weight excluding hydrogens is 246 g/mol. The molecule has 1 aromatic heterocycles. The van der Waals surface area contributed by atoms with Crippen molar-refractivity contribution >= 4 is 5.91 Å². The number of aryl methyl sites for hydroxylation is 1. The van der Waals surface area contributed by atoms with Crippen LogP contribution in [0.1, 0.15) is 21.7 Å². The number of carbonyl (C=O) groups is 1. The third-order valence-corrected chi connectivity index (χ3v) is 2.68. The summed E-state index contributed by atoms with van der Waals surface area (Å²) >= 11 is 0. The Bertz CT molecular complexity index is 646. The molecule has 2 aromatic rings. The van der Waals surface area contributed by atoms with Crippen molar-refractivity contribution in [2.24, 2.45) is 0 Å². The van der Waals surface area contributed by atoms with E-state index in [1.54, 1.807) is 0 Å². The van der Waals surface area contributed by atoms with Gasteiger partial charge in [0.25, 0.3) is 5.91 Å². The van der Waals surface area contributed by atoms with Gasteiger partial charge < -0.3 is 14.8 Å². The normalized spacial score (nSPS) is 10.2. The Kier molecular flexibility index (Phi) is 3.66. The van der Waals surface area contributed by atoms with Crippen LogP contribution >= 0.6 is 0 Å². The molecule has 0 unspecified atom stereocenters. The molecule has 0 aliphatic carbocycles. The smallest absolute Gasteiger partial charge is 0.259 e. The molecule has 1 aromatic carbocycles. The Morgan fingerprint density at radius 1 is 1.32 bits per heavy atom. The van der Waals surface area contributed by atoms with Crippen molar-refractivity contribution in [1.82, 2.24) is 5.32 Å². The summed E-state index contributed by atoms with van der Waals surface area (Å²) in [5.74, 6) is -0.963. The molecule has 1 heterocycles. The third-order valence-electron chi connectivity index (χ3n) is 2.68. The lowest BCUT2D eigenvalue weighted by Crippen LogP contribution is -2.29. The number of hydrogen-bond donors (Lipinski definition) is 2. The summed E-state index contributed by atoms with van der Waals surface area (Å²) in [6, 6.07) is 9.31. The highest BCUT2D eigenvalue weighted by Crippen LogP contribution is 2.09. The van der Waals surface area contributed by atoms with Gasteiger partial charge in [-0.3, -0.25) is 9.59 Å². The molecule has 2 rings (SSSR count). The minimum absolute atomic E-state index is 0.170. The molecule has 0 fully saturated rings. The molecular formula is C14H13NO4. The van der Waals surface area contributed by atoms with Crippen molar-refractivity contribution in [3.8, 4) is 5.75 Å². The van der Waals surface area contributed by atoms with Crippen molar-refractivity contribution in [1.29, 1.82) is 0 Å². The maximum Gasteiger partial charge on any atom is 0.259 e. The lowest BCUT2D eigenvalue weighted by molar-refractivity contribution is 0.0945. The average molecular weight is 259 g/mol. The van der Waals surface area contributed by atoms with E-state index in [-0.39, 0.29) is 11.3 Å².